The molecule has 0 radical (unpaired) electrons. The number of carbonyl (C=O) groups excluding carboxylic acids is 1. The van der Waals surface area contributed by atoms with Crippen molar-refractivity contribution in [2.45, 2.75) is 20.4 Å². The molecule has 21 heavy (non-hydrogen) atoms. The van der Waals surface area contributed by atoms with Crippen molar-refractivity contribution in [2.24, 2.45) is 5.92 Å². The summed E-state index contributed by atoms with van der Waals surface area (Å²) in [6.45, 7) is 8.78. The minimum absolute atomic E-state index is 0.175. The summed E-state index contributed by atoms with van der Waals surface area (Å²) in [5.74, 6) is 0.381. The van der Waals surface area contributed by atoms with E-state index < -0.39 is 0 Å². The number of piperazine rings is 1. The van der Waals surface area contributed by atoms with E-state index in [1.807, 2.05) is 19.9 Å². The lowest BCUT2D eigenvalue weighted by atomic mass is 10.2. The van der Waals surface area contributed by atoms with Crippen molar-refractivity contribution in [2.75, 3.05) is 32.8 Å². The first-order chi connectivity index (χ1) is 10.0. The average Bonchev–Trinajstić information content (AvgIpc) is 2.45. The zero-order valence-electron chi connectivity index (χ0n) is 12.7. The van der Waals surface area contributed by atoms with Gasteiger partial charge < -0.3 is 9.64 Å². The van der Waals surface area contributed by atoms with Gasteiger partial charge in [-0.05, 0) is 23.6 Å². The molecule has 1 heterocycles. The molecule has 116 valence electrons. The van der Waals surface area contributed by atoms with Crippen LogP contribution in [0.4, 0.5) is 4.79 Å². The third-order valence-electron chi connectivity index (χ3n) is 3.47. The molecule has 2 rings (SSSR count). The molecule has 1 fully saturated rings. The van der Waals surface area contributed by atoms with E-state index in [2.05, 4.69) is 39.0 Å². The van der Waals surface area contributed by atoms with Crippen LogP contribution in [0.25, 0.3) is 0 Å². The molecular weight excluding hydrogens is 332 g/mol. The average molecular weight is 355 g/mol. The predicted molar refractivity (Wildman–Crippen MR) is 87.2 cm³/mol. The van der Waals surface area contributed by atoms with Crippen LogP contribution < -0.4 is 0 Å². The van der Waals surface area contributed by atoms with Crippen LogP contribution in [0.3, 0.4) is 0 Å². The second-order valence-corrected chi connectivity index (χ2v) is 6.78. The number of nitrogens with zero attached hydrogens (tertiary/aromatic N) is 2. The summed E-state index contributed by atoms with van der Waals surface area (Å²) >= 11 is 3.50. The molecule has 0 aromatic heterocycles. The van der Waals surface area contributed by atoms with E-state index in [4.69, 9.17) is 4.74 Å². The van der Waals surface area contributed by atoms with Gasteiger partial charge in [0, 0.05) is 37.2 Å². The van der Waals surface area contributed by atoms with E-state index in [1.54, 1.807) is 4.90 Å². The molecule has 0 unspecified atom stereocenters. The van der Waals surface area contributed by atoms with Crippen LogP contribution in [0.15, 0.2) is 28.7 Å². The molecule has 1 saturated heterocycles. The Bertz CT molecular complexity index is 471. The van der Waals surface area contributed by atoms with Gasteiger partial charge in [0.05, 0.1) is 6.61 Å². The number of ether oxygens (including phenoxy) is 1. The smallest absolute Gasteiger partial charge is 0.409 e. The van der Waals surface area contributed by atoms with Gasteiger partial charge in [0.15, 0.2) is 0 Å². The van der Waals surface area contributed by atoms with Crippen molar-refractivity contribution in [3.8, 4) is 0 Å². The molecule has 0 atom stereocenters. The van der Waals surface area contributed by atoms with Crippen molar-refractivity contribution in [3.05, 3.63) is 34.3 Å². The van der Waals surface area contributed by atoms with Gasteiger partial charge in [-0.1, -0.05) is 41.9 Å². The quantitative estimate of drug-likeness (QED) is 0.830. The molecule has 0 N–H and O–H groups in total. The van der Waals surface area contributed by atoms with Gasteiger partial charge in [0.2, 0.25) is 0 Å². The number of carbonyl (C=O) groups is 1. The standard InChI is InChI=1S/C16H23BrN2O2/c1-13(2)12-21-16(20)19-8-6-18(7-9-19)11-14-4-3-5-15(17)10-14/h3-5,10,13H,6-9,11-12H2,1-2H3. The number of rotatable bonds is 4. The Kier molecular flexibility index (Phi) is 6.06. The van der Waals surface area contributed by atoms with Crippen LogP contribution in [0.2, 0.25) is 0 Å². The topological polar surface area (TPSA) is 32.8 Å². The summed E-state index contributed by atoms with van der Waals surface area (Å²) in [7, 11) is 0. The fourth-order valence-corrected chi connectivity index (χ4v) is 2.76. The Morgan fingerprint density at radius 3 is 2.62 bits per heavy atom. The SMILES string of the molecule is CC(C)COC(=O)N1CCN(Cc2cccc(Br)c2)CC1. The third-order valence-corrected chi connectivity index (χ3v) is 3.96. The first-order valence-electron chi connectivity index (χ1n) is 7.43. The van der Waals surface area contributed by atoms with Crippen molar-refractivity contribution in [3.63, 3.8) is 0 Å². The van der Waals surface area contributed by atoms with Crippen molar-refractivity contribution < 1.29 is 9.53 Å². The normalized spacial score (nSPS) is 16.3. The van der Waals surface area contributed by atoms with Crippen molar-refractivity contribution in [1.29, 1.82) is 0 Å². The van der Waals surface area contributed by atoms with Gasteiger partial charge in [0.25, 0.3) is 0 Å². The fourth-order valence-electron chi connectivity index (χ4n) is 2.31. The highest BCUT2D eigenvalue weighted by Crippen LogP contribution is 2.14. The minimum atomic E-state index is -0.175. The zero-order valence-corrected chi connectivity index (χ0v) is 14.3. The van der Waals surface area contributed by atoms with Gasteiger partial charge in [0.1, 0.15) is 0 Å². The number of halogens is 1. The van der Waals surface area contributed by atoms with Crippen LogP contribution in [-0.2, 0) is 11.3 Å². The van der Waals surface area contributed by atoms with Crippen molar-refractivity contribution in [1.82, 2.24) is 9.80 Å². The van der Waals surface area contributed by atoms with Crippen molar-refractivity contribution >= 4 is 22.0 Å². The molecule has 1 aliphatic rings. The second kappa shape index (κ2) is 7.80. The predicted octanol–water partition coefficient (Wildman–Crippen LogP) is 3.36. The lowest BCUT2D eigenvalue weighted by Crippen LogP contribution is -2.48. The minimum Gasteiger partial charge on any atom is -0.449 e. The summed E-state index contributed by atoms with van der Waals surface area (Å²) in [5.41, 5.74) is 1.29. The highest BCUT2D eigenvalue weighted by molar-refractivity contribution is 9.10. The number of hydrogen-bond acceptors (Lipinski definition) is 3. The van der Waals surface area contributed by atoms with Gasteiger partial charge in [-0.15, -0.1) is 0 Å². The highest BCUT2D eigenvalue weighted by atomic mass is 79.9. The van der Waals surface area contributed by atoms with Gasteiger partial charge >= 0.3 is 6.09 Å². The lowest BCUT2D eigenvalue weighted by Gasteiger charge is -2.34. The Morgan fingerprint density at radius 1 is 1.29 bits per heavy atom. The molecule has 0 spiro atoms. The maximum Gasteiger partial charge on any atom is 0.409 e. The Hall–Kier alpha value is -1.07. The number of amides is 1. The van der Waals surface area contributed by atoms with Crippen LogP contribution >= 0.6 is 15.9 Å². The molecule has 4 nitrogen and oxygen atoms in total. The summed E-state index contributed by atoms with van der Waals surface area (Å²) in [6.07, 6.45) is -0.175. The highest BCUT2D eigenvalue weighted by Gasteiger charge is 2.22. The molecule has 5 heteroatoms. The monoisotopic (exact) mass is 354 g/mol. The third kappa shape index (κ3) is 5.32. The van der Waals surface area contributed by atoms with Gasteiger partial charge in [-0.2, -0.15) is 0 Å². The van der Waals surface area contributed by atoms with E-state index in [0.717, 1.165) is 37.2 Å². The van der Waals surface area contributed by atoms with E-state index in [0.29, 0.717) is 12.5 Å². The first-order valence-corrected chi connectivity index (χ1v) is 8.22. The summed E-state index contributed by atoms with van der Waals surface area (Å²) < 4.78 is 6.38. The molecule has 0 aliphatic carbocycles. The summed E-state index contributed by atoms with van der Waals surface area (Å²) in [4.78, 5) is 16.1. The fraction of sp³-hybridized carbons (Fsp3) is 0.562. The first kappa shape index (κ1) is 16.3. The molecule has 1 aliphatic heterocycles. The Morgan fingerprint density at radius 2 is 2.00 bits per heavy atom. The zero-order chi connectivity index (χ0) is 15.2. The van der Waals surface area contributed by atoms with Gasteiger partial charge in [-0.25, -0.2) is 4.79 Å². The number of benzene rings is 1. The maximum absolute atomic E-state index is 11.9. The lowest BCUT2D eigenvalue weighted by molar-refractivity contribution is 0.0676. The van der Waals surface area contributed by atoms with Crippen LogP contribution in [0, 0.1) is 5.92 Å². The maximum atomic E-state index is 11.9. The van der Waals surface area contributed by atoms with E-state index in [-0.39, 0.29) is 6.09 Å². The largest absolute Gasteiger partial charge is 0.449 e. The molecule has 1 aromatic carbocycles. The molecular formula is C16H23BrN2O2. The van der Waals surface area contributed by atoms with E-state index in [9.17, 15) is 4.79 Å². The molecule has 1 amide bonds. The Labute approximate surface area is 135 Å². The van der Waals surface area contributed by atoms with E-state index in [1.165, 1.54) is 5.56 Å². The Balaban J connectivity index is 1.76. The molecule has 1 aromatic rings. The van der Waals surface area contributed by atoms with Crippen LogP contribution in [0.1, 0.15) is 19.4 Å². The number of hydrogen-bond donors (Lipinski definition) is 0. The van der Waals surface area contributed by atoms with Crippen LogP contribution in [-0.4, -0.2) is 48.7 Å². The molecule has 0 bridgehead atoms. The molecule has 0 saturated carbocycles. The second-order valence-electron chi connectivity index (χ2n) is 5.86. The van der Waals surface area contributed by atoms with Crippen LogP contribution in [0.5, 0.6) is 0 Å². The summed E-state index contributed by atoms with van der Waals surface area (Å²) in [5, 5.41) is 0. The van der Waals surface area contributed by atoms with E-state index >= 15 is 0 Å². The summed E-state index contributed by atoms with van der Waals surface area (Å²) in [6, 6.07) is 8.36. The van der Waals surface area contributed by atoms with Gasteiger partial charge in [-0.3, -0.25) is 4.90 Å².